The second-order valence-corrected chi connectivity index (χ2v) is 4.02. The van der Waals surface area contributed by atoms with Crippen LogP contribution in [0.5, 0.6) is 11.5 Å². The summed E-state index contributed by atoms with van der Waals surface area (Å²) in [5.74, 6) is 0.371. The molecule has 18 heavy (non-hydrogen) atoms. The lowest BCUT2D eigenvalue weighted by atomic mass is 10.1. The predicted molar refractivity (Wildman–Crippen MR) is 66.1 cm³/mol. The van der Waals surface area contributed by atoms with Crippen LogP contribution in [0, 0.1) is 12.7 Å². The second-order valence-electron chi connectivity index (χ2n) is 4.02. The number of halogens is 1. The maximum absolute atomic E-state index is 13.6. The third-order valence-corrected chi connectivity index (χ3v) is 2.61. The van der Waals surface area contributed by atoms with Gasteiger partial charge in [-0.3, -0.25) is 4.98 Å². The third-order valence-electron chi connectivity index (χ3n) is 2.61. The highest BCUT2D eigenvalue weighted by molar-refractivity contribution is 5.40. The molecule has 0 saturated carbocycles. The lowest BCUT2D eigenvalue weighted by Crippen LogP contribution is -2.00. The summed E-state index contributed by atoms with van der Waals surface area (Å²) in [5.41, 5.74) is 0.860. The number of hydrogen-bond acceptors (Lipinski definition) is 3. The van der Waals surface area contributed by atoms with E-state index in [0.717, 1.165) is 0 Å². The Hall–Kier alpha value is -1.94. The quantitative estimate of drug-likeness (QED) is 0.904. The zero-order valence-electron chi connectivity index (χ0n) is 10.2. The van der Waals surface area contributed by atoms with Crippen LogP contribution < -0.4 is 4.74 Å². The molecule has 0 fully saturated rings. The van der Waals surface area contributed by atoms with Gasteiger partial charge in [-0.1, -0.05) is 6.07 Å². The minimum atomic E-state index is -0.932. The van der Waals surface area contributed by atoms with E-state index in [1.165, 1.54) is 13.0 Å². The lowest BCUT2D eigenvalue weighted by Gasteiger charge is -2.14. The topological polar surface area (TPSA) is 42.4 Å². The minimum absolute atomic E-state index is 0.153. The van der Waals surface area contributed by atoms with Crippen molar-refractivity contribution in [1.29, 1.82) is 0 Å². The van der Waals surface area contributed by atoms with E-state index in [0.29, 0.717) is 17.2 Å². The predicted octanol–water partition coefficient (Wildman–Crippen LogP) is 3.37. The first-order chi connectivity index (χ1) is 8.59. The zero-order valence-corrected chi connectivity index (χ0v) is 10.2. The average molecular weight is 247 g/mol. The highest BCUT2D eigenvalue weighted by Crippen LogP contribution is 2.32. The van der Waals surface area contributed by atoms with Gasteiger partial charge >= 0.3 is 0 Å². The molecule has 0 bridgehead atoms. The van der Waals surface area contributed by atoms with E-state index >= 15 is 0 Å². The van der Waals surface area contributed by atoms with Gasteiger partial charge in [0.2, 0.25) is 0 Å². The Morgan fingerprint density at radius 3 is 2.61 bits per heavy atom. The van der Waals surface area contributed by atoms with Gasteiger partial charge in [-0.15, -0.1) is 0 Å². The number of aliphatic hydroxyl groups is 1. The normalized spacial score (nSPS) is 12.2. The molecular weight excluding hydrogens is 233 g/mol. The van der Waals surface area contributed by atoms with Crippen molar-refractivity contribution < 1.29 is 14.2 Å². The monoisotopic (exact) mass is 247 g/mol. The fraction of sp³-hybridized carbons (Fsp3) is 0.214. The Kier molecular flexibility index (Phi) is 3.58. The maximum Gasteiger partial charge on any atom is 0.148 e. The third kappa shape index (κ3) is 2.49. The molecule has 1 N–H and O–H groups in total. The highest BCUT2D eigenvalue weighted by Gasteiger charge is 2.15. The molecular formula is C14H14FNO2. The molecule has 0 unspecified atom stereocenters. The van der Waals surface area contributed by atoms with E-state index in [1.807, 2.05) is 0 Å². The average Bonchev–Trinajstić information content (AvgIpc) is 2.31. The highest BCUT2D eigenvalue weighted by atomic mass is 19.1. The summed E-state index contributed by atoms with van der Waals surface area (Å²) in [7, 11) is 0. The van der Waals surface area contributed by atoms with Gasteiger partial charge in [-0.2, -0.15) is 0 Å². The van der Waals surface area contributed by atoms with Gasteiger partial charge in [0, 0.05) is 6.20 Å². The van der Waals surface area contributed by atoms with E-state index in [4.69, 9.17) is 4.74 Å². The number of aromatic nitrogens is 1. The van der Waals surface area contributed by atoms with Crippen LogP contribution in [-0.4, -0.2) is 10.1 Å². The maximum atomic E-state index is 13.6. The molecule has 1 atom stereocenters. The summed E-state index contributed by atoms with van der Waals surface area (Å²) >= 11 is 0. The molecule has 0 aliphatic carbocycles. The van der Waals surface area contributed by atoms with Gasteiger partial charge in [-0.25, -0.2) is 4.39 Å². The number of hydrogen-bond donors (Lipinski definition) is 1. The van der Waals surface area contributed by atoms with Gasteiger partial charge in [-0.05, 0) is 38.1 Å². The molecule has 2 rings (SSSR count). The number of benzene rings is 1. The van der Waals surface area contributed by atoms with E-state index in [1.54, 1.807) is 37.4 Å². The van der Waals surface area contributed by atoms with Crippen LogP contribution in [0.2, 0.25) is 0 Å². The van der Waals surface area contributed by atoms with Gasteiger partial charge < -0.3 is 9.84 Å². The van der Waals surface area contributed by atoms with Gasteiger partial charge in [0.25, 0.3) is 0 Å². The number of nitrogens with zero attached hydrogens (tertiary/aromatic N) is 1. The van der Waals surface area contributed by atoms with Crippen LogP contribution in [0.15, 0.2) is 36.5 Å². The van der Waals surface area contributed by atoms with Crippen LogP contribution in [0.25, 0.3) is 0 Å². The van der Waals surface area contributed by atoms with Crippen molar-refractivity contribution in [2.24, 2.45) is 0 Å². The molecule has 2 aromatic rings. The van der Waals surface area contributed by atoms with Crippen molar-refractivity contribution in [2.75, 3.05) is 0 Å². The van der Waals surface area contributed by atoms with Crippen LogP contribution in [0.1, 0.15) is 24.3 Å². The van der Waals surface area contributed by atoms with Gasteiger partial charge in [0.15, 0.2) is 0 Å². The van der Waals surface area contributed by atoms with Crippen molar-refractivity contribution >= 4 is 0 Å². The summed E-state index contributed by atoms with van der Waals surface area (Å²) < 4.78 is 19.3. The molecule has 0 spiro atoms. The molecule has 94 valence electrons. The molecule has 1 aromatic carbocycles. The first-order valence-corrected chi connectivity index (χ1v) is 5.65. The lowest BCUT2D eigenvalue weighted by molar-refractivity contribution is 0.190. The van der Waals surface area contributed by atoms with E-state index in [-0.39, 0.29) is 5.56 Å². The van der Waals surface area contributed by atoms with Crippen molar-refractivity contribution in [3.63, 3.8) is 0 Å². The number of rotatable bonds is 3. The van der Waals surface area contributed by atoms with Crippen LogP contribution in [-0.2, 0) is 0 Å². The summed E-state index contributed by atoms with van der Waals surface area (Å²) in [4.78, 5) is 4.09. The number of pyridine rings is 1. The van der Waals surface area contributed by atoms with E-state index in [9.17, 15) is 9.50 Å². The largest absolute Gasteiger partial charge is 0.455 e. The van der Waals surface area contributed by atoms with Gasteiger partial charge in [0.1, 0.15) is 17.3 Å². The molecule has 0 radical (unpaired) electrons. The Labute approximate surface area is 105 Å². The Morgan fingerprint density at radius 2 is 1.94 bits per heavy atom. The smallest absolute Gasteiger partial charge is 0.148 e. The molecule has 0 aliphatic rings. The molecule has 1 aromatic heterocycles. The minimum Gasteiger partial charge on any atom is -0.455 e. The fourth-order valence-corrected chi connectivity index (χ4v) is 1.71. The fourth-order valence-electron chi connectivity index (χ4n) is 1.71. The second kappa shape index (κ2) is 5.14. The molecule has 4 heteroatoms. The molecule has 1 heterocycles. The molecule has 0 aliphatic heterocycles. The summed E-state index contributed by atoms with van der Waals surface area (Å²) in [6, 6.07) is 7.95. The van der Waals surface area contributed by atoms with Crippen molar-refractivity contribution in [2.45, 2.75) is 20.0 Å². The first kappa shape index (κ1) is 12.5. The number of ether oxygens (including phenoxy) is 1. The van der Waals surface area contributed by atoms with Crippen molar-refractivity contribution in [3.8, 4) is 11.5 Å². The Morgan fingerprint density at radius 1 is 1.22 bits per heavy atom. The molecule has 0 amide bonds. The Bertz CT molecular complexity index is 555. The standard InChI is InChI=1S/C14H14FNO2/c1-9-12(7-4-8-16-9)18-13-6-3-5-11(15)14(13)10(2)17/h3-8,10,17H,1-2H3/t10-/m0/s1. The van der Waals surface area contributed by atoms with Crippen molar-refractivity contribution in [1.82, 2.24) is 4.98 Å². The van der Waals surface area contributed by atoms with E-state index in [2.05, 4.69) is 4.98 Å². The number of aliphatic hydroxyl groups excluding tert-OH is 1. The number of aryl methyl sites for hydroxylation is 1. The first-order valence-electron chi connectivity index (χ1n) is 5.65. The zero-order chi connectivity index (χ0) is 13.1. The van der Waals surface area contributed by atoms with Gasteiger partial charge in [0.05, 0.1) is 17.4 Å². The molecule has 3 nitrogen and oxygen atoms in total. The summed E-state index contributed by atoms with van der Waals surface area (Å²) in [6.07, 6.45) is 0.724. The SMILES string of the molecule is Cc1ncccc1Oc1cccc(F)c1[C@H](C)O. The molecule has 0 saturated heterocycles. The van der Waals surface area contributed by atoms with Crippen LogP contribution in [0.3, 0.4) is 0 Å². The van der Waals surface area contributed by atoms with Crippen LogP contribution >= 0.6 is 0 Å². The Balaban J connectivity index is 2.41. The summed E-state index contributed by atoms with van der Waals surface area (Å²) in [5, 5.41) is 9.60. The van der Waals surface area contributed by atoms with Crippen molar-refractivity contribution in [3.05, 3.63) is 53.6 Å². The van der Waals surface area contributed by atoms with E-state index < -0.39 is 11.9 Å². The van der Waals surface area contributed by atoms with Crippen LogP contribution in [0.4, 0.5) is 4.39 Å². The summed E-state index contributed by atoms with van der Waals surface area (Å²) in [6.45, 7) is 3.30.